The third kappa shape index (κ3) is 4.78. The summed E-state index contributed by atoms with van der Waals surface area (Å²) in [5.41, 5.74) is 12.3. The Bertz CT molecular complexity index is 2060. The Balaban J connectivity index is 1.30. The topological polar surface area (TPSA) is 51.0 Å². The van der Waals surface area contributed by atoms with Gasteiger partial charge in [-0.05, 0) is 74.9 Å². The average molecular weight is 595 g/mol. The summed E-state index contributed by atoms with van der Waals surface area (Å²) in [6.45, 7) is 4.64. The Morgan fingerprint density at radius 3 is 2.17 bits per heavy atom. The average Bonchev–Trinajstić information content (AvgIpc) is 3.11. The smallest absolute Gasteiger partial charge is 0.0979 e. The summed E-state index contributed by atoms with van der Waals surface area (Å²) in [6, 6.07) is 35.9. The molecular formula is C42H34N4. The maximum Gasteiger partial charge on any atom is 0.0979 e. The third-order valence-corrected chi connectivity index (χ3v) is 9.62. The van der Waals surface area contributed by atoms with Crippen molar-refractivity contribution in [3.05, 3.63) is 185 Å². The zero-order valence-corrected chi connectivity index (χ0v) is 26.0. The molecule has 0 amide bonds. The van der Waals surface area contributed by atoms with Crippen molar-refractivity contribution in [2.45, 2.75) is 25.8 Å². The van der Waals surface area contributed by atoms with Crippen molar-refractivity contribution in [1.29, 1.82) is 0 Å². The van der Waals surface area contributed by atoms with Crippen LogP contribution in [0, 0.1) is 11.3 Å². The summed E-state index contributed by atoms with van der Waals surface area (Å²) < 4.78 is 0. The molecule has 4 nitrogen and oxygen atoms in total. The highest BCUT2D eigenvalue weighted by atomic mass is 14.9. The molecule has 4 heteroatoms. The van der Waals surface area contributed by atoms with Crippen molar-refractivity contribution >= 4 is 17.4 Å². The van der Waals surface area contributed by atoms with Crippen LogP contribution in [0.4, 0.5) is 0 Å². The van der Waals surface area contributed by atoms with Gasteiger partial charge < -0.3 is 0 Å². The zero-order chi connectivity index (χ0) is 31.1. The van der Waals surface area contributed by atoms with Crippen molar-refractivity contribution in [2.24, 2.45) is 16.3 Å². The predicted molar refractivity (Wildman–Crippen MR) is 187 cm³/mol. The first-order valence-electron chi connectivity index (χ1n) is 15.9. The number of pyridine rings is 3. The predicted octanol–water partition coefficient (Wildman–Crippen LogP) is 9.49. The molecule has 4 heterocycles. The van der Waals surface area contributed by atoms with Crippen molar-refractivity contribution in [3.63, 3.8) is 0 Å². The molecule has 4 unspecified atom stereocenters. The molecule has 3 aromatic heterocycles. The molecule has 4 atom stereocenters. The van der Waals surface area contributed by atoms with Crippen molar-refractivity contribution in [3.8, 4) is 11.4 Å². The lowest BCUT2D eigenvalue weighted by atomic mass is 9.57. The number of hydrogen-bond donors (Lipinski definition) is 0. The van der Waals surface area contributed by atoms with Crippen LogP contribution in [-0.2, 0) is 0 Å². The van der Waals surface area contributed by atoms with Gasteiger partial charge in [0.05, 0.1) is 23.1 Å². The first-order valence-corrected chi connectivity index (χ1v) is 15.9. The van der Waals surface area contributed by atoms with Gasteiger partial charge >= 0.3 is 0 Å². The molecule has 5 aromatic rings. The van der Waals surface area contributed by atoms with Gasteiger partial charge in [-0.25, -0.2) is 0 Å². The number of fused-ring (bicyclic) bond motifs is 2. The molecule has 3 aliphatic rings. The summed E-state index contributed by atoms with van der Waals surface area (Å²) in [5, 5.41) is 0. The molecule has 1 aliphatic heterocycles. The second-order valence-corrected chi connectivity index (χ2v) is 12.5. The van der Waals surface area contributed by atoms with Gasteiger partial charge in [0.1, 0.15) is 0 Å². The molecule has 222 valence electrons. The molecule has 0 bridgehead atoms. The third-order valence-electron chi connectivity index (χ3n) is 9.62. The fourth-order valence-corrected chi connectivity index (χ4v) is 7.48. The summed E-state index contributed by atoms with van der Waals surface area (Å²) in [7, 11) is 0. The molecule has 8 rings (SSSR count). The minimum Gasteiger partial charge on any atom is -0.282 e. The highest BCUT2D eigenvalue weighted by Crippen LogP contribution is 2.58. The quantitative estimate of drug-likeness (QED) is 0.204. The summed E-state index contributed by atoms with van der Waals surface area (Å²) in [4.78, 5) is 19.2. The molecule has 0 spiro atoms. The fraction of sp³-hybridized carbons (Fsp3) is 0.143. The van der Waals surface area contributed by atoms with Crippen molar-refractivity contribution in [2.75, 3.05) is 0 Å². The maximum absolute atomic E-state index is 5.10. The van der Waals surface area contributed by atoms with Gasteiger partial charge in [-0.1, -0.05) is 111 Å². The second-order valence-electron chi connectivity index (χ2n) is 12.5. The first-order chi connectivity index (χ1) is 22.6. The van der Waals surface area contributed by atoms with Gasteiger partial charge in [0.2, 0.25) is 0 Å². The monoisotopic (exact) mass is 594 g/mol. The minimum absolute atomic E-state index is 0.00341. The number of rotatable bonds is 5. The number of dihydropyridines is 1. The number of aromatic nitrogens is 3. The van der Waals surface area contributed by atoms with Crippen molar-refractivity contribution < 1.29 is 0 Å². The van der Waals surface area contributed by atoms with Crippen LogP contribution in [0.15, 0.2) is 162 Å². The molecule has 0 radical (unpaired) electrons. The number of allylic oxidation sites excluding steroid dienone is 7. The van der Waals surface area contributed by atoms with Gasteiger partial charge in [-0.15, -0.1) is 0 Å². The highest BCUT2D eigenvalue weighted by Gasteiger charge is 2.45. The molecule has 0 saturated carbocycles. The lowest BCUT2D eigenvalue weighted by molar-refractivity contribution is 0.449. The lowest BCUT2D eigenvalue weighted by Gasteiger charge is -2.45. The summed E-state index contributed by atoms with van der Waals surface area (Å²) in [5.74, 6) is 0.252. The van der Waals surface area contributed by atoms with E-state index in [0.29, 0.717) is 0 Å². The van der Waals surface area contributed by atoms with Crippen LogP contribution >= 0.6 is 0 Å². The van der Waals surface area contributed by atoms with Crippen molar-refractivity contribution in [1.82, 2.24) is 15.0 Å². The van der Waals surface area contributed by atoms with Gasteiger partial charge in [0, 0.05) is 42.1 Å². The van der Waals surface area contributed by atoms with E-state index in [1.54, 1.807) is 0 Å². The van der Waals surface area contributed by atoms with E-state index in [1.807, 2.05) is 42.7 Å². The van der Waals surface area contributed by atoms with Crippen LogP contribution in [0.5, 0.6) is 0 Å². The largest absolute Gasteiger partial charge is 0.282 e. The molecular weight excluding hydrogens is 560 g/mol. The summed E-state index contributed by atoms with van der Waals surface area (Å²) >= 11 is 0. The maximum atomic E-state index is 5.10. The molecule has 46 heavy (non-hydrogen) atoms. The van der Waals surface area contributed by atoms with Gasteiger partial charge in [0.15, 0.2) is 0 Å². The normalized spacial score (nSPS) is 23.3. The van der Waals surface area contributed by atoms with E-state index < -0.39 is 0 Å². The second kappa shape index (κ2) is 11.5. The number of nitrogens with zero attached hydrogens (tertiary/aromatic N) is 4. The Kier molecular flexibility index (Phi) is 6.98. The Morgan fingerprint density at radius 1 is 0.674 bits per heavy atom. The van der Waals surface area contributed by atoms with E-state index in [0.717, 1.165) is 22.7 Å². The first kappa shape index (κ1) is 28.0. The van der Waals surface area contributed by atoms with E-state index >= 15 is 0 Å². The van der Waals surface area contributed by atoms with Gasteiger partial charge in [0.25, 0.3) is 0 Å². The minimum atomic E-state index is -0.354. The molecule has 0 N–H and O–H groups in total. The number of benzene rings is 2. The van der Waals surface area contributed by atoms with Crippen LogP contribution in [0.3, 0.4) is 0 Å². The number of hydrogen-bond acceptors (Lipinski definition) is 4. The van der Waals surface area contributed by atoms with Gasteiger partial charge in [-0.2, -0.15) is 0 Å². The van der Waals surface area contributed by atoms with E-state index in [2.05, 4.69) is 133 Å². The highest BCUT2D eigenvalue weighted by molar-refractivity contribution is 6.05. The summed E-state index contributed by atoms with van der Waals surface area (Å²) in [6.07, 6.45) is 17.3. The van der Waals surface area contributed by atoms with Crippen LogP contribution in [-0.4, -0.2) is 21.2 Å². The molecule has 2 aliphatic carbocycles. The van der Waals surface area contributed by atoms with Crippen LogP contribution < -0.4 is 0 Å². The van der Waals surface area contributed by atoms with E-state index in [1.165, 1.54) is 39.0 Å². The van der Waals surface area contributed by atoms with Gasteiger partial charge in [-0.3, -0.25) is 19.9 Å². The lowest BCUT2D eigenvalue weighted by Crippen LogP contribution is -2.33. The van der Waals surface area contributed by atoms with Crippen LogP contribution in [0.2, 0.25) is 0 Å². The van der Waals surface area contributed by atoms with E-state index in [4.69, 9.17) is 9.98 Å². The SMILES string of the molecule is CC1C=C(C2=C3C=CC(c4ccccc4)=CC3(C)C(c3ccc(-c4ccccn4)nc3)c3ccccc32)C=NC1c1ccccn1. The Hall–Kier alpha value is -5.48. The zero-order valence-electron chi connectivity index (χ0n) is 26.0. The Morgan fingerprint density at radius 2 is 1.43 bits per heavy atom. The molecule has 0 saturated heterocycles. The molecule has 0 fully saturated rings. The van der Waals surface area contributed by atoms with E-state index in [-0.39, 0.29) is 23.3 Å². The standard InChI is InChI=1S/C42H34N4/c1-28-24-32(27-46-41(28)38-17-9-11-23-44-38)39-33-14-6-7-15-34(33)40(31-19-21-37(45-26-31)36-16-8-10-22-43-36)42(2)25-30(18-20-35(39)42)29-12-4-3-5-13-29/h3-28,40-41H,1-2H3. The number of aliphatic imine (C=N–C) groups is 1. The van der Waals surface area contributed by atoms with Crippen LogP contribution in [0.1, 0.15) is 53.8 Å². The van der Waals surface area contributed by atoms with E-state index in [9.17, 15) is 0 Å². The Labute approximate surface area is 270 Å². The van der Waals surface area contributed by atoms with Crippen LogP contribution in [0.25, 0.3) is 22.5 Å². The fourth-order valence-electron chi connectivity index (χ4n) is 7.48. The molecule has 2 aromatic carbocycles.